The molecule has 1 aromatic heterocycles. The van der Waals surface area contributed by atoms with Crippen LogP contribution >= 0.6 is 15.9 Å². The zero-order chi connectivity index (χ0) is 18.7. The molecule has 0 spiro atoms. The van der Waals surface area contributed by atoms with Crippen LogP contribution in [0, 0.1) is 0 Å². The lowest BCUT2D eigenvalue weighted by Gasteiger charge is -2.23. The molecule has 0 radical (unpaired) electrons. The summed E-state index contributed by atoms with van der Waals surface area (Å²) in [5, 5.41) is 0. The number of benzene rings is 1. The maximum Gasteiger partial charge on any atom is 0.387 e. The van der Waals surface area contributed by atoms with Gasteiger partial charge in [0.1, 0.15) is 0 Å². The van der Waals surface area contributed by atoms with E-state index in [1.807, 2.05) is 0 Å². The van der Waals surface area contributed by atoms with Crippen molar-refractivity contribution in [2.45, 2.75) is 32.0 Å². The van der Waals surface area contributed by atoms with E-state index in [-0.39, 0.29) is 23.4 Å². The van der Waals surface area contributed by atoms with E-state index in [0.717, 1.165) is 22.9 Å². The number of alkyl halides is 2. The van der Waals surface area contributed by atoms with Gasteiger partial charge in [-0.25, -0.2) is 0 Å². The number of hydrogen-bond donors (Lipinski definition) is 0. The van der Waals surface area contributed by atoms with Gasteiger partial charge in [0.25, 0.3) is 5.91 Å². The fourth-order valence-electron chi connectivity index (χ4n) is 2.65. The number of halogens is 3. The summed E-state index contributed by atoms with van der Waals surface area (Å²) in [5.41, 5.74) is 1.27. The molecule has 0 saturated heterocycles. The van der Waals surface area contributed by atoms with Gasteiger partial charge in [0.15, 0.2) is 11.5 Å². The molecule has 1 fully saturated rings. The van der Waals surface area contributed by atoms with Crippen LogP contribution in [0.3, 0.4) is 0 Å². The largest absolute Gasteiger partial charge is 0.493 e. The Hall–Kier alpha value is -2.22. The monoisotopic (exact) mass is 426 g/mol. The molecule has 0 N–H and O–H groups in total. The number of rotatable bonds is 7. The molecule has 0 aliphatic heterocycles. The van der Waals surface area contributed by atoms with Crippen LogP contribution in [0.2, 0.25) is 0 Å². The molecule has 26 heavy (non-hydrogen) atoms. The van der Waals surface area contributed by atoms with Gasteiger partial charge >= 0.3 is 6.61 Å². The molecule has 0 unspecified atom stereocenters. The highest BCUT2D eigenvalue weighted by Gasteiger charge is 2.33. The van der Waals surface area contributed by atoms with Gasteiger partial charge < -0.3 is 14.4 Å². The zero-order valence-corrected chi connectivity index (χ0v) is 15.6. The first kappa shape index (κ1) is 18.6. The lowest BCUT2D eigenvalue weighted by molar-refractivity contribution is -0.0512. The van der Waals surface area contributed by atoms with E-state index in [1.165, 1.54) is 19.4 Å². The van der Waals surface area contributed by atoms with Crippen LogP contribution in [0.1, 0.15) is 28.8 Å². The normalized spacial score (nSPS) is 13.6. The van der Waals surface area contributed by atoms with Gasteiger partial charge in [0, 0.05) is 29.5 Å². The summed E-state index contributed by atoms with van der Waals surface area (Å²) in [6.45, 7) is -2.58. The third-order valence-electron chi connectivity index (χ3n) is 4.00. The van der Waals surface area contributed by atoms with Crippen molar-refractivity contribution in [3.05, 3.63) is 52.3 Å². The second kappa shape index (κ2) is 7.99. The molecule has 3 rings (SSSR count). The van der Waals surface area contributed by atoms with Gasteiger partial charge in [-0.1, -0.05) is 6.07 Å². The first-order chi connectivity index (χ1) is 12.5. The summed E-state index contributed by atoms with van der Waals surface area (Å²) in [4.78, 5) is 18.7. The number of nitrogens with zero attached hydrogens (tertiary/aromatic N) is 2. The molecule has 1 aliphatic carbocycles. The predicted octanol–water partition coefficient (Wildman–Crippen LogP) is 4.26. The lowest BCUT2D eigenvalue weighted by atomic mass is 10.1. The summed E-state index contributed by atoms with van der Waals surface area (Å²) in [6, 6.07) is 6.59. The summed E-state index contributed by atoms with van der Waals surface area (Å²) in [6.07, 6.45) is 5.03. The molecule has 5 nitrogen and oxygen atoms in total. The maximum absolute atomic E-state index is 12.9. The molecule has 8 heteroatoms. The van der Waals surface area contributed by atoms with Crippen LogP contribution < -0.4 is 9.47 Å². The van der Waals surface area contributed by atoms with Crippen LogP contribution in [0.15, 0.2) is 41.1 Å². The second-order valence-electron chi connectivity index (χ2n) is 5.92. The van der Waals surface area contributed by atoms with Crippen LogP contribution in [-0.2, 0) is 6.54 Å². The van der Waals surface area contributed by atoms with E-state index >= 15 is 0 Å². The minimum absolute atomic E-state index is 0.0354. The number of pyridine rings is 1. The van der Waals surface area contributed by atoms with Gasteiger partial charge in [-0.05, 0) is 52.5 Å². The van der Waals surface area contributed by atoms with Crippen molar-refractivity contribution < 1.29 is 23.0 Å². The number of methoxy groups -OCH3 is 1. The Kier molecular flexibility index (Phi) is 5.70. The molecule has 138 valence electrons. The summed E-state index contributed by atoms with van der Waals surface area (Å²) < 4.78 is 35.2. The number of carbonyl (C=O) groups excluding carboxylic acids is 1. The fraction of sp³-hybridized carbons (Fsp3) is 0.333. The SMILES string of the molecule is COc1cc(CN(C(=O)c2cncc(Br)c2)C2CC2)ccc1OC(F)F. The zero-order valence-electron chi connectivity index (χ0n) is 14.0. The van der Waals surface area contributed by atoms with Gasteiger partial charge in [-0.15, -0.1) is 0 Å². The third-order valence-corrected chi connectivity index (χ3v) is 4.43. The molecule has 1 heterocycles. The molecule has 1 aromatic carbocycles. The van der Waals surface area contributed by atoms with Gasteiger partial charge in [0.2, 0.25) is 0 Å². The van der Waals surface area contributed by atoms with E-state index in [2.05, 4.69) is 25.7 Å². The lowest BCUT2D eigenvalue weighted by Crippen LogP contribution is -2.32. The van der Waals surface area contributed by atoms with E-state index in [9.17, 15) is 13.6 Å². The number of amides is 1. The Morgan fingerprint density at radius 3 is 2.69 bits per heavy atom. The Bertz CT molecular complexity index is 800. The van der Waals surface area contributed by atoms with E-state index in [4.69, 9.17) is 4.74 Å². The highest BCUT2D eigenvalue weighted by atomic mass is 79.9. The Morgan fingerprint density at radius 2 is 2.08 bits per heavy atom. The standard InChI is InChI=1S/C18H17BrF2N2O3/c1-25-16-6-11(2-5-15(16)26-18(20)21)10-23(14-3-4-14)17(24)12-7-13(19)9-22-8-12/h2,5-9,14,18H,3-4,10H2,1H3. The van der Waals surface area contributed by atoms with Crippen LogP contribution in [0.25, 0.3) is 0 Å². The molecule has 0 bridgehead atoms. The first-order valence-electron chi connectivity index (χ1n) is 8.01. The average molecular weight is 427 g/mol. The number of ether oxygens (including phenoxy) is 2. The van der Waals surface area contributed by atoms with Gasteiger partial charge in [-0.3, -0.25) is 9.78 Å². The number of aromatic nitrogens is 1. The van der Waals surface area contributed by atoms with Crippen molar-refractivity contribution in [2.24, 2.45) is 0 Å². The van der Waals surface area contributed by atoms with E-state index in [0.29, 0.717) is 12.1 Å². The molecule has 2 aromatic rings. The fourth-order valence-corrected chi connectivity index (χ4v) is 3.01. The smallest absolute Gasteiger partial charge is 0.387 e. The molecule has 1 aliphatic rings. The second-order valence-corrected chi connectivity index (χ2v) is 6.84. The van der Waals surface area contributed by atoms with Crippen molar-refractivity contribution in [2.75, 3.05) is 7.11 Å². The minimum atomic E-state index is -2.93. The summed E-state index contributed by atoms with van der Waals surface area (Å²) in [7, 11) is 1.38. The quantitative estimate of drug-likeness (QED) is 0.663. The molecule has 0 atom stereocenters. The van der Waals surface area contributed by atoms with Crippen LogP contribution in [-0.4, -0.2) is 35.6 Å². The van der Waals surface area contributed by atoms with Gasteiger partial charge in [-0.2, -0.15) is 8.78 Å². The predicted molar refractivity (Wildman–Crippen MR) is 94.5 cm³/mol. The van der Waals surface area contributed by atoms with E-state index in [1.54, 1.807) is 29.3 Å². The Labute approximate surface area is 158 Å². The highest BCUT2D eigenvalue weighted by molar-refractivity contribution is 9.10. The molecular weight excluding hydrogens is 410 g/mol. The third kappa shape index (κ3) is 4.49. The van der Waals surface area contributed by atoms with Crippen molar-refractivity contribution in [3.8, 4) is 11.5 Å². The van der Waals surface area contributed by atoms with Crippen molar-refractivity contribution in [3.63, 3.8) is 0 Å². The van der Waals surface area contributed by atoms with Crippen LogP contribution in [0.5, 0.6) is 11.5 Å². The van der Waals surface area contributed by atoms with Crippen molar-refractivity contribution in [1.29, 1.82) is 0 Å². The van der Waals surface area contributed by atoms with Crippen molar-refractivity contribution in [1.82, 2.24) is 9.88 Å². The number of carbonyl (C=O) groups is 1. The summed E-state index contributed by atoms with van der Waals surface area (Å²) in [5.74, 6) is 0.0510. The molecule has 1 amide bonds. The minimum Gasteiger partial charge on any atom is -0.493 e. The first-order valence-corrected chi connectivity index (χ1v) is 8.80. The van der Waals surface area contributed by atoms with Gasteiger partial charge in [0.05, 0.1) is 12.7 Å². The van der Waals surface area contributed by atoms with Crippen molar-refractivity contribution >= 4 is 21.8 Å². The Balaban J connectivity index is 1.81. The number of hydrogen-bond acceptors (Lipinski definition) is 4. The Morgan fingerprint density at radius 1 is 1.31 bits per heavy atom. The average Bonchev–Trinajstić information content (AvgIpc) is 3.44. The topological polar surface area (TPSA) is 51.7 Å². The maximum atomic E-state index is 12.9. The highest BCUT2D eigenvalue weighted by Crippen LogP contribution is 2.33. The van der Waals surface area contributed by atoms with Crippen LogP contribution in [0.4, 0.5) is 8.78 Å². The van der Waals surface area contributed by atoms with E-state index < -0.39 is 6.61 Å². The molecule has 1 saturated carbocycles. The molecular formula is C18H17BrF2N2O3. The summed E-state index contributed by atoms with van der Waals surface area (Å²) >= 11 is 3.32.